The molecule has 1 amide bonds. The van der Waals surface area contributed by atoms with Gasteiger partial charge in [0.15, 0.2) is 0 Å². The van der Waals surface area contributed by atoms with E-state index in [0.717, 1.165) is 11.8 Å². The molecule has 30 heavy (non-hydrogen) atoms. The smallest absolute Gasteiger partial charge is 0.338 e. The predicted octanol–water partition coefficient (Wildman–Crippen LogP) is 4.04. The molecule has 3 rings (SSSR count). The van der Waals surface area contributed by atoms with E-state index in [4.69, 9.17) is 13.9 Å². The van der Waals surface area contributed by atoms with E-state index in [9.17, 15) is 9.59 Å². The summed E-state index contributed by atoms with van der Waals surface area (Å²) < 4.78 is 16.0. The van der Waals surface area contributed by atoms with Crippen LogP contribution in [0.25, 0.3) is 11.5 Å². The number of para-hydroxylation sites is 1. The van der Waals surface area contributed by atoms with Gasteiger partial charge in [0.05, 0.1) is 30.1 Å². The van der Waals surface area contributed by atoms with Crippen LogP contribution >= 0.6 is 11.8 Å². The Hall–Kier alpha value is -3.33. The maximum absolute atomic E-state index is 12.2. The number of thioether (sulfide) groups is 1. The molecule has 0 atom stereocenters. The molecule has 9 heteroatoms. The van der Waals surface area contributed by atoms with E-state index in [0.29, 0.717) is 28.5 Å². The van der Waals surface area contributed by atoms with Gasteiger partial charge in [0.1, 0.15) is 5.75 Å². The van der Waals surface area contributed by atoms with Crippen molar-refractivity contribution in [3.05, 3.63) is 54.1 Å². The molecule has 0 aliphatic carbocycles. The summed E-state index contributed by atoms with van der Waals surface area (Å²) in [6.07, 6.45) is -0.193. The summed E-state index contributed by atoms with van der Waals surface area (Å²) in [6.45, 7) is 3.57. The Kier molecular flexibility index (Phi) is 7.08. The van der Waals surface area contributed by atoms with Crippen molar-refractivity contribution in [1.82, 2.24) is 10.2 Å². The molecule has 0 aliphatic rings. The molecule has 0 spiro atoms. The minimum Gasteiger partial charge on any atom is -0.496 e. The molecule has 3 aromatic rings. The van der Waals surface area contributed by atoms with Crippen molar-refractivity contribution in [3.8, 4) is 17.2 Å². The molecule has 0 bridgehead atoms. The summed E-state index contributed by atoms with van der Waals surface area (Å²) in [4.78, 5) is 24.0. The number of aromatic nitrogens is 2. The Morgan fingerprint density at radius 3 is 2.53 bits per heavy atom. The third kappa shape index (κ3) is 5.60. The number of carbonyl (C=O) groups excluding carboxylic acids is 2. The van der Waals surface area contributed by atoms with Gasteiger partial charge in [-0.15, -0.1) is 10.2 Å². The lowest BCUT2D eigenvalue weighted by Gasteiger charge is -2.08. The molecule has 1 aromatic heterocycles. The molecular weight excluding hydrogens is 406 g/mol. The number of rotatable bonds is 8. The van der Waals surface area contributed by atoms with Crippen LogP contribution in [0.3, 0.4) is 0 Å². The minimum absolute atomic E-state index is 0.0880. The van der Waals surface area contributed by atoms with Crippen LogP contribution in [0.15, 0.2) is 58.2 Å². The maximum atomic E-state index is 12.2. The van der Waals surface area contributed by atoms with Crippen molar-refractivity contribution < 1.29 is 23.5 Å². The van der Waals surface area contributed by atoms with Crippen LogP contribution in [0.1, 0.15) is 24.2 Å². The lowest BCUT2D eigenvalue weighted by Crippen LogP contribution is -2.14. The molecule has 0 unspecified atom stereocenters. The number of benzene rings is 2. The second kappa shape index (κ2) is 9.93. The van der Waals surface area contributed by atoms with Crippen LogP contribution in [0.2, 0.25) is 0 Å². The third-order valence-corrected chi connectivity index (χ3v) is 4.64. The zero-order valence-electron chi connectivity index (χ0n) is 16.7. The van der Waals surface area contributed by atoms with Crippen molar-refractivity contribution in [2.45, 2.75) is 25.2 Å². The second-order valence-electron chi connectivity index (χ2n) is 6.44. The fourth-order valence-electron chi connectivity index (χ4n) is 2.49. The van der Waals surface area contributed by atoms with Crippen LogP contribution in [0, 0.1) is 0 Å². The average molecular weight is 427 g/mol. The number of carbonyl (C=O) groups is 2. The van der Waals surface area contributed by atoms with E-state index in [2.05, 4.69) is 15.5 Å². The summed E-state index contributed by atoms with van der Waals surface area (Å²) in [7, 11) is 1.56. The molecule has 8 nitrogen and oxygen atoms in total. The van der Waals surface area contributed by atoms with Gasteiger partial charge in [-0.05, 0) is 50.2 Å². The zero-order valence-corrected chi connectivity index (χ0v) is 17.6. The van der Waals surface area contributed by atoms with E-state index in [1.807, 2.05) is 18.2 Å². The Balaban J connectivity index is 1.54. The topological polar surface area (TPSA) is 104 Å². The van der Waals surface area contributed by atoms with Crippen molar-refractivity contribution in [2.75, 3.05) is 18.2 Å². The molecule has 0 saturated heterocycles. The summed E-state index contributed by atoms with van der Waals surface area (Å²) >= 11 is 1.12. The first-order chi connectivity index (χ1) is 14.5. The van der Waals surface area contributed by atoms with Crippen LogP contribution in [-0.2, 0) is 9.53 Å². The number of methoxy groups -OCH3 is 1. The average Bonchev–Trinajstić information content (AvgIpc) is 3.21. The van der Waals surface area contributed by atoms with E-state index in [1.54, 1.807) is 51.3 Å². The highest BCUT2D eigenvalue weighted by Gasteiger charge is 2.15. The summed E-state index contributed by atoms with van der Waals surface area (Å²) in [5.41, 5.74) is 1.67. The zero-order chi connectivity index (χ0) is 21.5. The first-order valence-electron chi connectivity index (χ1n) is 9.17. The summed E-state index contributed by atoms with van der Waals surface area (Å²) in [5.74, 6) is 0.385. The normalized spacial score (nSPS) is 10.7. The maximum Gasteiger partial charge on any atom is 0.338 e. The van der Waals surface area contributed by atoms with E-state index in [-0.39, 0.29) is 23.0 Å². The molecule has 1 heterocycles. The van der Waals surface area contributed by atoms with Gasteiger partial charge in [-0.1, -0.05) is 23.9 Å². The van der Waals surface area contributed by atoms with Crippen molar-refractivity contribution in [3.63, 3.8) is 0 Å². The molecule has 1 N–H and O–H groups in total. The molecule has 0 fully saturated rings. The number of hydrogen-bond donors (Lipinski definition) is 1. The van der Waals surface area contributed by atoms with Gasteiger partial charge in [0.2, 0.25) is 5.91 Å². The van der Waals surface area contributed by atoms with Crippen LogP contribution in [0.5, 0.6) is 5.75 Å². The SMILES string of the molecule is COc1ccccc1-c1nnc(SCC(=O)Nc2ccc(C(=O)OC(C)C)cc2)o1. The van der Waals surface area contributed by atoms with Crippen LogP contribution in [-0.4, -0.2) is 41.0 Å². The molecule has 156 valence electrons. The van der Waals surface area contributed by atoms with Crippen molar-refractivity contribution in [1.29, 1.82) is 0 Å². The first-order valence-corrected chi connectivity index (χ1v) is 10.2. The van der Waals surface area contributed by atoms with Gasteiger partial charge in [-0.2, -0.15) is 0 Å². The number of hydrogen-bond acceptors (Lipinski definition) is 8. The van der Waals surface area contributed by atoms with Gasteiger partial charge in [-0.25, -0.2) is 4.79 Å². The molecular formula is C21H21N3O5S. The highest BCUT2D eigenvalue weighted by Crippen LogP contribution is 2.30. The van der Waals surface area contributed by atoms with E-state index in [1.165, 1.54) is 0 Å². The monoisotopic (exact) mass is 427 g/mol. The number of nitrogens with zero attached hydrogens (tertiary/aromatic N) is 2. The summed E-state index contributed by atoms with van der Waals surface area (Å²) in [5, 5.41) is 11.0. The molecule has 0 aliphatic heterocycles. The van der Waals surface area contributed by atoms with Crippen LogP contribution in [0.4, 0.5) is 5.69 Å². The van der Waals surface area contributed by atoms with E-state index < -0.39 is 5.97 Å². The molecule has 0 radical (unpaired) electrons. The van der Waals surface area contributed by atoms with Gasteiger partial charge in [0, 0.05) is 5.69 Å². The Bertz CT molecular complexity index is 1020. The van der Waals surface area contributed by atoms with Gasteiger partial charge in [-0.3, -0.25) is 4.79 Å². The second-order valence-corrected chi connectivity index (χ2v) is 7.37. The lowest BCUT2D eigenvalue weighted by molar-refractivity contribution is -0.113. The summed E-state index contributed by atoms with van der Waals surface area (Å²) in [6, 6.07) is 13.8. The van der Waals surface area contributed by atoms with Gasteiger partial charge >= 0.3 is 5.97 Å². The molecule has 2 aromatic carbocycles. The number of nitrogens with one attached hydrogen (secondary N) is 1. The van der Waals surface area contributed by atoms with Crippen LogP contribution < -0.4 is 10.1 Å². The fourth-order valence-corrected chi connectivity index (χ4v) is 3.06. The standard InChI is InChI=1S/C21H21N3O5S/c1-13(2)28-20(26)14-8-10-15(11-9-14)22-18(25)12-30-21-24-23-19(29-21)16-6-4-5-7-17(16)27-3/h4-11,13H,12H2,1-3H3,(H,22,25). The number of ether oxygens (including phenoxy) is 2. The highest BCUT2D eigenvalue weighted by molar-refractivity contribution is 7.99. The predicted molar refractivity (Wildman–Crippen MR) is 113 cm³/mol. The minimum atomic E-state index is -0.402. The number of amides is 1. The Labute approximate surface area is 178 Å². The van der Waals surface area contributed by atoms with Gasteiger partial charge in [0.25, 0.3) is 11.1 Å². The van der Waals surface area contributed by atoms with Gasteiger partial charge < -0.3 is 19.2 Å². The Morgan fingerprint density at radius 2 is 1.83 bits per heavy atom. The Morgan fingerprint density at radius 1 is 1.10 bits per heavy atom. The highest BCUT2D eigenvalue weighted by atomic mass is 32.2. The fraction of sp³-hybridized carbons (Fsp3) is 0.238. The first kappa shape index (κ1) is 21.4. The van der Waals surface area contributed by atoms with Crippen molar-refractivity contribution in [2.24, 2.45) is 0 Å². The number of anilines is 1. The largest absolute Gasteiger partial charge is 0.496 e. The number of esters is 1. The quantitative estimate of drug-likeness (QED) is 0.424. The van der Waals surface area contributed by atoms with E-state index >= 15 is 0 Å². The lowest BCUT2D eigenvalue weighted by atomic mass is 10.2. The molecule has 0 saturated carbocycles. The third-order valence-electron chi connectivity index (χ3n) is 3.82. The van der Waals surface area contributed by atoms with Crippen molar-refractivity contribution >= 4 is 29.3 Å².